The van der Waals surface area contributed by atoms with Gasteiger partial charge in [-0.15, -0.1) is 0 Å². The largest absolute Gasteiger partial charge is 0.310 e. The Labute approximate surface area is 365 Å². The predicted octanol–water partition coefficient (Wildman–Crippen LogP) is 15.8. The van der Waals surface area contributed by atoms with Crippen LogP contribution in [-0.4, -0.2) is 0 Å². The molecule has 296 valence electrons. The van der Waals surface area contributed by atoms with Gasteiger partial charge in [-0.1, -0.05) is 204 Å². The van der Waals surface area contributed by atoms with Crippen LogP contribution in [0.3, 0.4) is 0 Å². The number of hydrogen-bond acceptors (Lipinski definition) is 1. The van der Waals surface area contributed by atoms with Gasteiger partial charge in [0.25, 0.3) is 0 Å². The summed E-state index contributed by atoms with van der Waals surface area (Å²) < 4.78 is 0. The third kappa shape index (κ3) is 5.03. The standard InChI is InChI=1S/C61H47N/c1-59(2)51-27-16-14-25-46(51)48-35-32-44(38-55(48)59)62(45-33-36-49-47-34-31-41(40-19-8-5-9-20-40)37-54(47)60(3,4)56(49)39-45)57-30-18-29-53-58(57)50-26-15-17-28-52(50)61(53,42-21-10-6-11-22-42)43-23-12-7-13-24-43/h5-39H,1-4H3. The molecule has 0 N–H and O–H groups in total. The number of benzene rings is 9. The fraction of sp³-hybridized carbons (Fsp3) is 0.115. The van der Waals surface area contributed by atoms with Gasteiger partial charge in [0.15, 0.2) is 0 Å². The van der Waals surface area contributed by atoms with Crippen molar-refractivity contribution in [1.82, 2.24) is 0 Å². The Morgan fingerprint density at radius 2 is 0.758 bits per heavy atom. The lowest BCUT2D eigenvalue weighted by atomic mass is 9.68. The zero-order valence-electron chi connectivity index (χ0n) is 35.7. The molecule has 0 aliphatic heterocycles. The number of nitrogens with zero attached hydrogens (tertiary/aromatic N) is 1. The molecule has 0 atom stereocenters. The van der Waals surface area contributed by atoms with Crippen LogP contribution in [0.4, 0.5) is 17.1 Å². The smallest absolute Gasteiger partial charge is 0.0714 e. The van der Waals surface area contributed by atoms with Gasteiger partial charge in [-0.3, -0.25) is 0 Å². The second kappa shape index (κ2) is 13.4. The van der Waals surface area contributed by atoms with Crippen molar-refractivity contribution >= 4 is 17.1 Å². The molecule has 12 rings (SSSR count). The van der Waals surface area contributed by atoms with Crippen LogP contribution in [0, 0.1) is 0 Å². The Balaban J connectivity index is 1.11. The van der Waals surface area contributed by atoms with Gasteiger partial charge >= 0.3 is 0 Å². The van der Waals surface area contributed by atoms with Crippen LogP contribution >= 0.6 is 0 Å². The van der Waals surface area contributed by atoms with Crippen LogP contribution in [0.2, 0.25) is 0 Å². The molecule has 0 bridgehead atoms. The molecule has 0 heterocycles. The number of anilines is 3. The van der Waals surface area contributed by atoms with E-state index >= 15 is 0 Å². The van der Waals surface area contributed by atoms with E-state index in [0.29, 0.717) is 0 Å². The summed E-state index contributed by atoms with van der Waals surface area (Å²) in [4.78, 5) is 2.57. The summed E-state index contributed by atoms with van der Waals surface area (Å²) in [6.45, 7) is 9.57. The van der Waals surface area contributed by atoms with E-state index in [-0.39, 0.29) is 10.8 Å². The van der Waals surface area contributed by atoms with Crippen LogP contribution in [0.5, 0.6) is 0 Å². The Bertz CT molecular complexity index is 3190. The molecule has 0 fully saturated rings. The molecular weight excluding hydrogens is 747 g/mol. The number of rotatable bonds is 6. The molecule has 1 heteroatoms. The van der Waals surface area contributed by atoms with Gasteiger partial charge in [0, 0.05) is 27.8 Å². The van der Waals surface area contributed by atoms with Crippen molar-refractivity contribution in [3.63, 3.8) is 0 Å². The Kier molecular flexibility index (Phi) is 7.91. The van der Waals surface area contributed by atoms with Crippen LogP contribution < -0.4 is 4.90 Å². The van der Waals surface area contributed by atoms with E-state index < -0.39 is 5.41 Å². The molecule has 62 heavy (non-hydrogen) atoms. The summed E-state index contributed by atoms with van der Waals surface area (Å²) in [6.07, 6.45) is 0. The lowest BCUT2D eigenvalue weighted by Gasteiger charge is -2.34. The van der Waals surface area contributed by atoms with Crippen LogP contribution in [0.1, 0.15) is 72.2 Å². The van der Waals surface area contributed by atoms with Crippen molar-refractivity contribution in [3.05, 3.63) is 257 Å². The first-order valence-corrected chi connectivity index (χ1v) is 22.0. The quantitative estimate of drug-likeness (QED) is 0.162. The first kappa shape index (κ1) is 36.6. The summed E-state index contributed by atoms with van der Waals surface area (Å²) in [7, 11) is 0. The maximum atomic E-state index is 2.57. The van der Waals surface area contributed by atoms with Gasteiger partial charge in [-0.05, 0) is 120 Å². The summed E-state index contributed by atoms with van der Waals surface area (Å²) in [6, 6.07) is 79.7. The van der Waals surface area contributed by atoms with Crippen LogP contribution in [-0.2, 0) is 16.2 Å². The first-order valence-electron chi connectivity index (χ1n) is 22.0. The molecular formula is C61H47N. The van der Waals surface area contributed by atoms with Gasteiger partial charge in [-0.2, -0.15) is 0 Å². The van der Waals surface area contributed by atoms with Gasteiger partial charge in [-0.25, -0.2) is 0 Å². The molecule has 0 amide bonds. The van der Waals surface area contributed by atoms with Crippen molar-refractivity contribution in [3.8, 4) is 44.5 Å². The van der Waals surface area contributed by atoms with Gasteiger partial charge in [0.05, 0.1) is 11.1 Å². The Hall–Kier alpha value is -7.22. The zero-order valence-corrected chi connectivity index (χ0v) is 35.7. The summed E-state index contributed by atoms with van der Waals surface area (Å²) in [5.74, 6) is 0. The molecule has 0 spiro atoms. The van der Waals surface area contributed by atoms with E-state index in [9.17, 15) is 0 Å². The van der Waals surface area contributed by atoms with Gasteiger partial charge in [0.2, 0.25) is 0 Å². The highest BCUT2D eigenvalue weighted by atomic mass is 15.1. The lowest BCUT2D eigenvalue weighted by molar-refractivity contribution is 0.660. The van der Waals surface area contributed by atoms with E-state index in [1.807, 2.05) is 0 Å². The summed E-state index contributed by atoms with van der Waals surface area (Å²) in [5.41, 5.74) is 23.6. The monoisotopic (exact) mass is 793 g/mol. The molecule has 3 aliphatic rings. The highest BCUT2D eigenvalue weighted by Crippen LogP contribution is 2.61. The summed E-state index contributed by atoms with van der Waals surface area (Å²) >= 11 is 0. The predicted molar refractivity (Wildman–Crippen MR) is 259 cm³/mol. The maximum absolute atomic E-state index is 2.57. The lowest BCUT2D eigenvalue weighted by Crippen LogP contribution is -2.28. The van der Waals surface area contributed by atoms with Crippen LogP contribution in [0.25, 0.3) is 44.5 Å². The van der Waals surface area contributed by atoms with Gasteiger partial charge < -0.3 is 4.90 Å². The Morgan fingerprint density at radius 3 is 1.37 bits per heavy atom. The molecule has 9 aromatic carbocycles. The van der Waals surface area contributed by atoms with E-state index in [0.717, 1.165) is 11.4 Å². The second-order valence-corrected chi connectivity index (χ2v) is 18.4. The SMILES string of the molecule is CC1(C)c2ccccc2-c2ccc(N(c3ccc4c(c3)C(C)(C)c3cc(-c5ccccc5)ccc3-4)c3cccc4c3-c3ccccc3C4(c3ccccc3)c3ccccc3)cc21. The normalized spacial score (nSPS) is 15.2. The fourth-order valence-corrected chi connectivity index (χ4v) is 11.6. The van der Waals surface area contributed by atoms with Crippen molar-refractivity contribution < 1.29 is 0 Å². The third-order valence-electron chi connectivity index (χ3n) is 14.6. The van der Waals surface area contributed by atoms with E-state index in [4.69, 9.17) is 0 Å². The minimum atomic E-state index is -0.504. The molecule has 0 unspecified atom stereocenters. The van der Waals surface area contributed by atoms with Crippen molar-refractivity contribution in [2.45, 2.75) is 43.9 Å². The molecule has 0 radical (unpaired) electrons. The highest BCUT2D eigenvalue weighted by Gasteiger charge is 2.48. The average molecular weight is 794 g/mol. The van der Waals surface area contributed by atoms with E-state index in [1.54, 1.807) is 0 Å². The molecule has 3 aliphatic carbocycles. The highest BCUT2D eigenvalue weighted by molar-refractivity contribution is 5.99. The van der Waals surface area contributed by atoms with E-state index in [2.05, 4.69) is 245 Å². The topological polar surface area (TPSA) is 3.24 Å². The fourth-order valence-electron chi connectivity index (χ4n) is 11.6. The molecule has 1 nitrogen and oxygen atoms in total. The van der Waals surface area contributed by atoms with E-state index in [1.165, 1.54) is 94.7 Å². The number of hydrogen-bond donors (Lipinski definition) is 0. The maximum Gasteiger partial charge on any atom is 0.0714 e. The minimum Gasteiger partial charge on any atom is -0.310 e. The average Bonchev–Trinajstić information content (AvgIpc) is 3.85. The second-order valence-electron chi connectivity index (χ2n) is 18.4. The zero-order chi connectivity index (χ0) is 41.8. The molecule has 0 saturated carbocycles. The molecule has 0 aromatic heterocycles. The Morgan fingerprint density at radius 1 is 0.306 bits per heavy atom. The third-order valence-corrected chi connectivity index (χ3v) is 14.6. The molecule has 9 aromatic rings. The van der Waals surface area contributed by atoms with Crippen molar-refractivity contribution in [2.75, 3.05) is 4.90 Å². The summed E-state index contributed by atoms with van der Waals surface area (Å²) in [5, 5.41) is 0. The minimum absolute atomic E-state index is 0.146. The number of fused-ring (bicyclic) bond motifs is 9. The first-order chi connectivity index (χ1) is 30.3. The van der Waals surface area contributed by atoms with Crippen LogP contribution in [0.15, 0.2) is 212 Å². The van der Waals surface area contributed by atoms with Crippen molar-refractivity contribution in [1.29, 1.82) is 0 Å². The van der Waals surface area contributed by atoms with Crippen molar-refractivity contribution in [2.24, 2.45) is 0 Å². The molecule has 0 saturated heterocycles. The van der Waals surface area contributed by atoms with Gasteiger partial charge in [0.1, 0.15) is 0 Å².